The lowest BCUT2D eigenvalue weighted by molar-refractivity contribution is 0.315. The zero-order valence-corrected chi connectivity index (χ0v) is 20.5. The summed E-state index contributed by atoms with van der Waals surface area (Å²) in [5.74, 6) is 6.92. The van der Waals surface area contributed by atoms with Gasteiger partial charge >= 0.3 is 0 Å². The van der Waals surface area contributed by atoms with Gasteiger partial charge < -0.3 is 15.4 Å². The number of aromatic nitrogens is 2. The van der Waals surface area contributed by atoms with Crippen LogP contribution in [0.5, 0.6) is 5.75 Å². The van der Waals surface area contributed by atoms with Gasteiger partial charge in [-0.1, -0.05) is 6.07 Å². The van der Waals surface area contributed by atoms with E-state index >= 15 is 0 Å². The van der Waals surface area contributed by atoms with Crippen molar-refractivity contribution in [2.75, 3.05) is 23.8 Å². The van der Waals surface area contributed by atoms with E-state index in [-0.39, 0.29) is 4.90 Å². The van der Waals surface area contributed by atoms with Gasteiger partial charge in [-0.3, -0.25) is 11.3 Å². The Morgan fingerprint density at radius 2 is 1.76 bits per heavy atom. The number of aryl methyl sites for hydroxylation is 1. The van der Waals surface area contributed by atoms with Gasteiger partial charge in [-0.2, -0.15) is 4.98 Å². The molecular weight excluding hydrogens is 454 g/mol. The Kier molecular flexibility index (Phi) is 8.05. The van der Waals surface area contributed by atoms with Crippen molar-refractivity contribution in [1.82, 2.24) is 20.1 Å². The third-order valence-electron chi connectivity index (χ3n) is 4.44. The van der Waals surface area contributed by atoms with Crippen LogP contribution in [0.1, 0.15) is 26.3 Å². The van der Waals surface area contributed by atoms with Crippen molar-refractivity contribution in [3.8, 4) is 5.75 Å². The molecule has 0 atom stereocenters. The highest BCUT2D eigenvalue weighted by Gasteiger charge is 2.22. The molecular formula is C23H31N7O3S. The molecule has 0 aliphatic rings. The van der Waals surface area contributed by atoms with Gasteiger partial charge in [0.25, 0.3) is 0 Å². The predicted octanol–water partition coefficient (Wildman–Crippen LogP) is 3.19. The predicted molar refractivity (Wildman–Crippen MR) is 134 cm³/mol. The Hall–Kier alpha value is -3.25. The van der Waals surface area contributed by atoms with E-state index in [1.807, 2.05) is 31.2 Å². The lowest BCUT2D eigenvalue weighted by Gasteiger charge is -2.20. The number of hydrazine groups is 1. The van der Waals surface area contributed by atoms with Crippen LogP contribution in [0.4, 0.5) is 23.1 Å². The van der Waals surface area contributed by atoms with Crippen LogP contribution in [0.3, 0.4) is 0 Å². The molecule has 1 heterocycles. The number of nitrogens with two attached hydrogens (primary N) is 1. The third-order valence-corrected chi connectivity index (χ3v) is 6.20. The Labute approximate surface area is 200 Å². The van der Waals surface area contributed by atoms with E-state index < -0.39 is 15.6 Å². The molecule has 6 N–H and O–H groups in total. The molecule has 0 fully saturated rings. The SMILES string of the molecule is Cc1cnc(Nc2ccc(OCCNN)cc2)nc1Nc1cccc(S(=O)(=O)NC(C)(C)C)c1. The van der Waals surface area contributed by atoms with Crippen LogP contribution in [-0.2, 0) is 10.0 Å². The van der Waals surface area contributed by atoms with Crippen LogP contribution in [0, 0.1) is 6.92 Å². The summed E-state index contributed by atoms with van der Waals surface area (Å²) in [7, 11) is -3.66. The maximum Gasteiger partial charge on any atom is 0.241 e. The van der Waals surface area contributed by atoms with Crippen LogP contribution >= 0.6 is 0 Å². The van der Waals surface area contributed by atoms with Crippen molar-refractivity contribution in [3.05, 3.63) is 60.3 Å². The summed E-state index contributed by atoms with van der Waals surface area (Å²) >= 11 is 0. The molecule has 0 aliphatic carbocycles. The molecule has 0 saturated heterocycles. The molecule has 3 rings (SSSR count). The van der Waals surface area contributed by atoms with Gasteiger partial charge in [0.15, 0.2) is 0 Å². The Bertz CT molecular complexity index is 1210. The summed E-state index contributed by atoms with van der Waals surface area (Å²) in [4.78, 5) is 9.05. The van der Waals surface area contributed by atoms with Gasteiger partial charge in [0.2, 0.25) is 16.0 Å². The highest BCUT2D eigenvalue weighted by atomic mass is 32.2. The van der Waals surface area contributed by atoms with Gasteiger partial charge in [-0.25, -0.2) is 18.1 Å². The van der Waals surface area contributed by atoms with Crippen LogP contribution in [-0.4, -0.2) is 37.1 Å². The smallest absolute Gasteiger partial charge is 0.241 e. The van der Waals surface area contributed by atoms with Crippen molar-refractivity contribution in [2.45, 2.75) is 38.1 Å². The molecule has 0 bridgehead atoms. The maximum atomic E-state index is 12.7. The Balaban J connectivity index is 1.74. The van der Waals surface area contributed by atoms with Crippen LogP contribution in [0.2, 0.25) is 0 Å². The van der Waals surface area contributed by atoms with E-state index in [4.69, 9.17) is 10.6 Å². The summed E-state index contributed by atoms with van der Waals surface area (Å²) in [6.07, 6.45) is 1.69. The van der Waals surface area contributed by atoms with E-state index in [0.29, 0.717) is 30.6 Å². The second kappa shape index (κ2) is 10.8. The van der Waals surface area contributed by atoms with Gasteiger partial charge in [-0.15, -0.1) is 0 Å². The number of hydrogen-bond donors (Lipinski definition) is 5. The number of nitrogens with zero attached hydrogens (tertiary/aromatic N) is 2. The molecule has 0 saturated carbocycles. The van der Waals surface area contributed by atoms with Crippen LogP contribution < -0.4 is 31.4 Å². The number of benzene rings is 2. The van der Waals surface area contributed by atoms with Crippen molar-refractivity contribution in [2.24, 2.45) is 5.84 Å². The Morgan fingerprint density at radius 3 is 2.44 bits per heavy atom. The van der Waals surface area contributed by atoms with Gasteiger partial charge in [0, 0.05) is 35.2 Å². The largest absolute Gasteiger partial charge is 0.492 e. The second-order valence-electron chi connectivity index (χ2n) is 8.69. The minimum atomic E-state index is -3.66. The van der Waals surface area contributed by atoms with Gasteiger partial charge in [0.1, 0.15) is 18.2 Å². The molecule has 34 heavy (non-hydrogen) atoms. The first-order valence-corrected chi connectivity index (χ1v) is 12.2. The number of ether oxygens (including phenoxy) is 1. The molecule has 0 spiro atoms. The first-order chi connectivity index (χ1) is 16.1. The molecule has 182 valence electrons. The first kappa shape index (κ1) is 25.4. The molecule has 10 nitrogen and oxygen atoms in total. The number of rotatable bonds is 10. The highest BCUT2D eigenvalue weighted by molar-refractivity contribution is 7.89. The molecule has 1 aromatic heterocycles. The molecule has 0 unspecified atom stereocenters. The lowest BCUT2D eigenvalue weighted by Crippen LogP contribution is -2.40. The number of sulfonamides is 1. The Morgan fingerprint density at radius 1 is 1.03 bits per heavy atom. The zero-order chi connectivity index (χ0) is 24.8. The van der Waals surface area contributed by atoms with E-state index in [1.165, 1.54) is 0 Å². The fraction of sp³-hybridized carbons (Fsp3) is 0.304. The quantitative estimate of drug-likeness (QED) is 0.166. The minimum Gasteiger partial charge on any atom is -0.492 e. The number of anilines is 4. The lowest BCUT2D eigenvalue weighted by atomic mass is 10.1. The molecule has 3 aromatic rings. The summed E-state index contributed by atoms with van der Waals surface area (Å²) in [5.41, 5.74) is 4.15. The summed E-state index contributed by atoms with van der Waals surface area (Å²) in [6, 6.07) is 14.0. The average molecular weight is 486 g/mol. The summed E-state index contributed by atoms with van der Waals surface area (Å²) in [5, 5.41) is 6.35. The first-order valence-electron chi connectivity index (χ1n) is 10.7. The molecule has 0 amide bonds. The van der Waals surface area contributed by atoms with E-state index in [0.717, 1.165) is 17.0 Å². The fourth-order valence-corrected chi connectivity index (χ4v) is 4.42. The van der Waals surface area contributed by atoms with Gasteiger partial charge in [-0.05, 0) is 70.2 Å². The van der Waals surface area contributed by atoms with E-state index in [1.54, 1.807) is 51.2 Å². The molecule has 0 aliphatic heterocycles. The van der Waals surface area contributed by atoms with E-state index in [2.05, 4.69) is 30.7 Å². The summed E-state index contributed by atoms with van der Waals surface area (Å²) < 4.78 is 33.6. The van der Waals surface area contributed by atoms with Gasteiger partial charge in [0.05, 0.1) is 4.90 Å². The van der Waals surface area contributed by atoms with Crippen LogP contribution in [0.25, 0.3) is 0 Å². The standard InChI is InChI=1S/C23H31N7O3S/c1-16-15-25-22(28-17-8-10-19(11-9-17)33-13-12-26-24)29-21(16)27-18-6-5-7-20(14-18)34(31,32)30-23(2,3)4/h5-11,14-15,26,30H,12-13,24H2,1-4H3,(H2,25,27,28,29). The maximum absolute atomic E-state index is 12.7. The topological polar surface area (TPSA) is 143 Å². The normalized spacial score (nSPS) is 11.8. The molecule has 0 radical (unpaired) electrons. The minimum absolute atomic E-state index is 0.169. The monoisotopic (exact) mass is 485 g/mol. The fourth-order valence-electron chi connectivity index (χ4n) is 2.96. The number of hydrogen-bond acceptors (Lipinski definition) is 9. The third kappa shape index (κ3) is 7.39. The van der Waals surface area contributed by atoms with Crippen molar-refractivity contribution in [1.29, 1.82) is 0 Å². The van der Waals surface area contributed by atoms with E-state index in [9.17, 15) is 8.42 Å². The molecule has 2 aromatic carbocycles. The average Bonchev–Trinajstić information content (AvgIpc) is 2.76. The highest BCUT2D eigenvalue weighted by Crippen LogP contribution is 2.24. The van der Waals surface area contributed by atoms with Crippen molar-refractivity contribution < 1.29 is 13.2 Å². The zero-order valence-electron chi connectivity index (χ0n) is 19.7. The van der Waals surface area contributed by atoms with Crippen molar-refractivity contribution >= 4 is 33.2 Å². The summed E-state index contributed by atoms with van der Waals surface area (Å²) in [6.45, 7) is 8.28. The van der Waals surface area contributed by atoms with Crippen LogP contribution in [0.15, 0.2) is 59.6 Å². The number of nitrogens with one attached hydrogen (secondary N) is 4. The molecule has 11 heteroatoms. The van der Waals surface area contributed by atoms with Crippen molar-refractivity contribution in [3.63, 3.8) is 0 Å². The second-order valence-corrected chi connectivity index (χ2v) is 10.4.